The van der Waals surface area contributed by atoms with Crippen LogP contribution in [0.2, 0.25) is 0 Å². The fourth-order valence-corrected chi connectivity index (χ4v) is 3.67. The molecule has 1 amide bonds. The largest absolute Gasteiger partial charge is 0.367 e. The molecule has 0 radical (unpaired) electrons. The van der Waals surface area contributed by atoms with Gasteiger partial charge in [0.25, 0.3) is 0 Å². The topological polar surface area (TPSA) is 58.4 Å². The second-order valence-corrected chi connectivity index (χ2v) is 6.44. The van der Waals surface area contributed by atoms with E-state index in [0.29, 0.717) is 12.6 Å². The lowest BCUT2D eigenvalue weighted by Crippen LogP contribution is -2.39. The van der Waals surface area contributed by atoms with Gasteiger partial charge in [0.15, 0.2) is 0 Å². The first-order valence-corrected chi connectivity index (χ1v) is 8.03. The van der Waals surface area contributed by atoms with Gasteiger partial charge in [-0.3, -0.25) is 4.79 Å². The Morgan fingerprint density at radius 2 is 2.19 bits per heavy atom. The van der Waals surface area contributed by atoms with Crippen molar-refractivity contribution in [2.24, 2.45) is 11.7 Å². The third-order valence-electron chi connectivity index (χ3n) is 4.84. The Kier molecular flexibility index (Phi) is 4.15. The molecule has 4 nitrogen and oxygen atoms in total. The van der Waals surface area contributed by atoms with Gasteiger partial charge in [-0.25, -0.2) is 0 Å². The van der Waals surface area contributed by atoms with Gasteiger partial charge in [0.05, 0.1) is 0 Å². The minimum absolute atomic E-state index is 0.128. The molecule has 3 N–H and O–H groups in total. The van der Waals surface area contributed by atoms with Crippen LogP contribution in [0.15, 0.2) is 24.3 Å². The third-order valence-corrected chi connectivity index (χ3v) is 4.84. The first-order chi connectivity index (χ1) is 10.1. The van der Waals surface area contributed by atoms with Gasteiger partial charge < -0.3 is 16.0 Å². The molecule has 1 aliphatic carbocycles. The highest BCUT2D eigenvalue weighted by molar-refractivity contribution is 5.79. The number of fused-ring (bicyclic) bond motifs is 1. The molecule has 0 saturated heterocycles. The summed E-state index contributed by atoms with van der Waals surface area (Å²) in [7, 11) is 0. The summed E-state index contributed by atoms with van der Waals surface area (Å²) in [5, 5.41) is 3.09. The fraction of sp³-hybridized carbons (Fsp3) is 0.588. The molecule has 1 aromatic carbocycles. The van der Waals surface area contributed by atoms with Crippen molar-refractivity contribution in [2.75, 3.05) is 18.0 Å². The summed E-state index contributed by atoms with van der Waals surface area (Å²) >= 11 is 0. The Morgan fingerprint density at radius 3 is 2.95 bits per heavy atom. The van der Waals surface area contributed by atoms with Crippen LogP contribution >= 0.6 is 0 Å². The molecule has 1 heterocycles. The molecule has 1 fully saturated rings. The zero-order valence-electron chi connectivity index (χ0n) is 12.7. The van der Waals surface area contributed by atoms with Gasteiger partial charge in [-0.2, -0.15) is 0 Å². The number of hydrogen-bond acceptors (Lipinski definition) is 3. The zero-order chi connectivity index (χ0) is 14.8. The standard InChI is InChI=1S/C17H25N3O/c1-12-10-13-4-2-3-5-16(13)20(12)9-8-19-17(21)14-6-7-15(18)11-14/h2-5,12,14-15H,6-11,18H2,1H3,(H,19,21)/t12-,14+,15-/m1/s1. The first-order valence-electron chi connectivity index (χ1n) is 8.03. The van der Waals surface area contributed by atoms with E-state index in [1.807, 2.05) is 0 Å². The van der Waals surface area contributed by atoms with Gasteiger partial charge in [-0.15, -0.1) is 0 Å². The van der Waals surface area contributed by atoms with Crippen molar-refractivity contribution in [3.8, 4) is 0 Å². The SMILES string of the molecule is C[C@@H]1Cc2ccccc2N1CCNC(=O)[C@H]1CC[C@@H](N)C1. The van der Waals surface area contributed by atoms with Gasteiger partial charge in [0.1, 0.15) is 0 Å². The van der Waals surface area contributed by atoms with E-state index in [1.54, 1.807) is 0 Å². The number of benzene rings is 1. The van der Waals surface area contributed by atoms with Crippen LogP contribution in [0.5, 0.6) is 0 Å². The highest BCUT2D eigenvalue weighted by atomic mass is 16.1. The molecule has 3 atom stereocenters. The van der Waals surface area contributed by atoms with E-state index in [9.17, 15) is 4.79 Å². The van der Waals surface area contributed by atoms with E-state index >= 15 is 0 Å². The number of nitrogens with two attached hydrogens (primary N) is 1. The van der Waals surface area contributed by atoms with E-state index in [1.165, 1.54) is 11.3 Å². The predicted octanol–water partition coefficient (Wildman–Crippen LogP) is 1.68. The first kappa shape index (κ1) is 14.4. The van der Waals surface area contributed by atoms with E-state index in [-0.39, 0.29) is 17.9 Å². The number of rotatable bonds is 4. The van der Waals surface area contributed by atoms with Crippen LogP contribution in [-0.4, -0.2) is 31.1 Å². The summed E-state index contributed by atoms with van der Waals surface area (Å²) < 4.78 is 0. The lowest BCUT2D eigenvalue weighted by Gasteiger charge is -2.25. The van der Waals surface area contributed by atoms with Crippen molar-refractivity contribution in [1.82, 2.24) is 5.32 Å². The average Bonchev–Trinajstić information content (AvgIpc) is 3.03. The van der Waals surface area contributed by atoms with Crippen molar-refractivity contribution >= 4 is 11.6 Å². The molecule has 0 aromatic heterocycles. The lowest BCUT2D eigenvalue weighted by molar-refractivity contribution is -0.124. The highest BCUT2D eigenvalue weighted by Gasteiger charge is 2.28. The third kappa shape index (κ3) is 3.05. The maximum absolute atomic E-state index is 12.1. The minimum atomic E-state index is 0.128. The van der Waals surface area contributed by atoms with Crippen molar-refractivity contribution in [3.05, 3.63) is 29.8 Å². The van der Waals surface area contributed by atoms with Gasteiger partial charge in [0.2, 0.25) is 5.91 Å². The van der Waals surface area contributed by atoms with Crippen LogP contribution in [0.25, 0.3) is 0 Å². The van der Waals surface area contributed by atoms with E-state index in [2.05, 4.69) is 41.4 Å². The molecule has 114 valence electrons. The van der Waals surface area contributed by atoms with Crippen LogP contribution in [0.4, 0.5) is 5.69 Å². The normalized spacial score (nSPS) is 27.7. The number of anilines is 1. The van der Waals surface area contributed by atoms with Gasteiger partial charge in [-0.1, -0.05) is 18.2 Å². The van der Waals surface area contributed by atoms with Crippen molar-refractivity contribution in [2.45, 2.75) is 44.7 Å². The summed E-state index contributed by atoms with van der Waals surface area (Å²) in [6, 6.07) is 9.29. The molecule has 0 bridgehead atoms. The number of nitrogens with one attached hydrogen (secondary N) is 1. The Bertz CT molecular complexity index is 517. The smallest absolute Gasteiger partial charge is 0.223 e. The number of nitrogens with zero attached hydrogens (tertiary/aromatic N) is 1. The van der Waals surface area contributed by atoms with Crippen LogP contribution < -0.4 is 16.0 Å². The molecule has 1 saturated carbocycles. The predicted molar refractivity (Wildman–Crippen MR) is 85.3 cm³/mol. The Hall–Kier alpha value is -1.55. The minimum Gasteiger partial charge on any atom is -0.367 e. The van der Waals surface area contributed by atoms with Crippen molar-refractivity contribution < 1.29 is 4.79 Å². The molecule has 3 rings (SSSR count). The molecular formula is C17H25N3O. The number of amides is 1. The fourth-order valence-electron chi connectivity index (χ4n) is 3.67. The maximum atomic E-state index is 12.1. The van der Waals surface area contributed by atoms with Crippen LogP contribution in [0, 0.1) is 5.92 Å². The molecule has 1 aromatic rings. The number of carbonyl (C=O) groups excluding carboxylic acids is 1. The van der Waals surface area contributed by atoms with E-state index in [4.69, 9.17) is 5.73 Å². The van der Waals surface area contributed by atoms with Gasteiger partial charge >= 0.3 is 0 Å². The zero-order valence-corrected chi connectivity index (χ0v) is 12.7. The molecule has 21 heavy (non-hydrogen) atoms. The monoisotopic (exact) mass is 287 g/mol. The molecule has 4 heteroatoms. The second-order valence-electron chi connectivity index (χ2n) is 6.44. The summed E-state index contributed by atoms with van der Waals surface area (Å²) in [5.74, 6) is 0.311. The number of hydrogen-bond donors (Lipinski definition) is 2. The van der Waals surface area contributed by atoms with E-state index < -0.39 is 0 Å². The number of para-hydroxylation sites is 1. The molecule has 2 aliphatic rings. The highest BCUT2D eigenvalue weighted by Crippen LogP contribution is 2.31. The quantitative estimate of drug-likeness (QED) is 0.886. The average molecular weight is 287 g/mol. The van der Waals surface area contributed by atoms with Crippen LogP contribution in [-0.2, 0) is 11.2 Å². The van der Waals surface area contributed by atoms with Crippen molar-refractivity contribution in [3.63, 3.8) is 0 Å². The summed E-state index contributed by atoms with van der Waals surface area (Å²) in [6.07, 6.45) is 3.86. The van der Waals surface area contributed by atoms with E-state index in [0.717, 1.165) is 32.2 Å². The summed E-state index contributed by atoms with van der Waals surface area (Å²) in [4.78, 5) is 14.5. The van der Waals surface area contributed by atoms with Gasteiger partial charge in [-0.05, 0) is 44.2 Å². The Morgan fingerprint density at radius 1 is 1.38 bits per heavy atom. The lowest BCUT2D eigenvalue weighted by atomic mass is 10.1. The molecule has 0 spiro atoms. The molecular weight excluding hydrogens is 262 g/mol. The van der Waals surface area contributed by atoms with Crippen LogP contribution in [0.1, 0.15) is 31.7 Å². The maximum Gasteiger partial charge on any atom is 0.223 e. The molecule has 0 unspecified atom stereocenters. The van der Waals surface area contributed by atoms with Gasteiger partial charge in [0, 0.05) is 36.8 Å². The Labute approximate surface area is 126 Å². The van der Waals surface area contributed by atoms with Crippen molar-refractivity contribution in [1.29, 1.82) is 0 Å². The Balaban J connectivity index is 1.51. The second kappa shape index (κ2) is 6.06. The summed E-state index contributed by atoms with van der Waals surface area (Å²) in [6.45, 7) is 3.84. The molecule has 1 aliphatic heterocycles. The van der Waals surface area contributed by atoms with Crippen LogP contribution in [0.3, 0.4) is 0 Å². The summed E-state index contributed by atoms with van der Waals surface area (Å²) in [5.41, 5.74) is 8.61. The number of carbonyl (C=O) groups is 1.